The number of halogens is 4. The highest BCUT2D eigenvalue weighted by Gasteiger charge is 2.20. The first-order valence-electron chi connectivity index (χ1n) is 9.30. The van der Waals surface area contributed by atoms with Crippen molar-refractivity contribution in [3.05, 3.63) is 54.9 Å². The van der Waals surface area contributed by atoms with Gasteiger partial charge in [-0.1, -0.05) is 0 Å². The van der Waals surface area contributed by atoms with Crippen LogP contribution in [0.15, 0.2) is 27.1 Å². The summed E-state index contributed by atoms with van der Waals surface area (Å²) in [5.41, 5.74) is -0.911. The van der Waals surface area contributed by atoms with Gasteiger partial charge in [-0.3, -0.25) is 18.7 Å². The first-order chi connectivity index (χ1) is 16.1. The molecule has 0 aliphatic carbocycles. The lowest BCUT2D eigenvalue weighted by atomic mass is 10.1. The number of nitrogens with one attached hydrogen (secondary N) is 1. The standard InChI is InChI=1S/C19H13F4N5O4S2/c1-27-15-13(16(30)28(2)19(27)31)11(34-26-15)5-12(29)25-18-24-10(6-33-18)7-3-8(20)14(9(21)4-7)32-17(22)23/h3-4,6,17H,5H2,1-2H3,(H,24,25,29). The minimum absolute atomic E-state index is 0.0498. The second-order valence-electron chi connectivity index (χ2n) is 6.92. The third kappa shape index (κ3) is 4.31. The van der Waals surface area contributed by atoms with Crippen molar-refractivity contribution in [3.63, 3.8) is 0 Å². The van der Waals surface area contributed by atoms with E-state index in [0.29, 0.717) is 4.88 Å². The third-order valence-corrected chi connectivity index (χ3v) is 6.32. The Morgan fingerprint density at radius 2 is 1.85 bits per heavy atom. The molecule has 0 aliphatic heterocycles. The Morgan fingerprint density at radius 3 is 2.50 bits per heavy atom. The van der Waals surface area contributed by atoms with E-state index < -0.39 is 41.2 Å². The normalized spacial score (nSPS) is 11.4. The summed E-state index contributed by atoms with van der Waals surface area (Å²) in [6, 6.07) is 1.57. The molecule has 3 aromatic heterocycles. The molecule has 9 nitrogen and oxygen atoms in total. The van der Waals surface area contributed by atoms with Gasteiger partial charge in [-0.15, -0.1) is 11.3 Å². The minimum atomic E-state index is -3.39. The molecule has 3 heterocycles. The summed E-state index contributed by atoms with van der Waals surface area (Å²) in [6.07, 6.45) is -0.230. The minimum Gasteiger partial charge on any atom is -0.429 e. The number of carbonyl (C=O) groups excluding carboxylic acids is 1. The van der Waals surface area contributed by atoms with E-state index in [0.717, 1.165) is 39.6 Å². The Morgan fingerprint density at radius 1 is 1.18 bits per heavy atom. The molecule has 0 saturated carbocycles. The van der Waals surface area contributed by atoms with Gasteiger partial charge in [0.1, 0.15) is 0 Å². The highest BCUT2D eigenvalue weighted by molar-refractivity contribution is 7.14. The van der Waals surface area contributed by atoms with Crippen LogP contribution in [-0.4, -0.2) is 31.0 Å². The van der Waals surface area contributed by atoms with Crippen LogP contribution in [0.4, 0.5) is 22.7 Å². The number of anilines is 1. The van der Waals surface area contributed by atoms with E-state index in [4.69, 9.17) is 0 Å². The molecule has 1 aromatic carbocycles. The monoisotopic (exact) mass is 515 g/mol. The van der Waals surface area contributed by atoms with Crippen molar-refractivity contribution in [3.8, 4) is 17.0 Å². The van der Waals surface area contributed by atoms with E-state index in [-0.39, 0.29) is 33.8 Å². The number of carbonyl (C=O) groups is 1. The summed E-state index contributed by atoms with van der Waals surface area (Å²) >= 11 is 1.87. The number of alkyl halides is 2. The van der Waals surface area contributed by atoms with Crippen LogP contribution in [0.5, 0.6) is 5.75 Å². The number of hydrogen-bond donors (Lipinski definition) is 1. The smallest absolute Gasteiger partial charge is 0.387 e. The summed E-state index contributed by atoms with van der Waals surface area (Å²) < 4.78 is 62.6. The molecule has 0 bridgehead atoms. The third-order valence-electron chi connectivity index (χ3n) is 4.73. The average molecular weight is 515 g/mol. The van der Waals surface area contributed by atoms with Gasteiger partial charge in [0.15, 0.2) is 28.2 Å². The zero-order valence-corrected chi connectivity index (χ0v) is 18.9. The molecule has 0 fully saturated rings. The molecule has 15 heteroatoms. The maximum absolute atomic E-state index is 14.0. The fraction of sp³-hybridized carbons (Fsp3) is 0.211. The van der Waals surface area contributed by atoms with Crippen LogP contribution in [-0.2, 0) is 25.3 Å². The number of hydrogen-bond acceptors (Lipinski definition) is 8. The van der Waals surface area contributed by atoms with Crippen LogP contribution < -0.4 is 21.3 Å². The lowest BCUT2D eigenvalue weighted by molar-refractivity contribution is -0.115. The van der Waals surface area contributed by atoms with Crippen LogP contribution in [0.1, 0.15) is 4.88 Å². The molecule has 34 heavy (non-hydrogen) atoms. The molecule has 1 amide bonds. The summed E-state index contributed by atoms with van der Waals surface area (Å²) in [5, 5.41) is 4.18. The Bertz CT molecular complexity index is 1520. The number of fused-ring (bicyclic) bond motifs is 1. The maximum atomic E-state index is 14.0. The summed E-state index contributed by atoms with van der Waals surface area (Å²) in [6.45, 7) is -3.39. The second-order valence-corrected chi connectivity index (χ2v) is 8.64. The number of nitrogens with zero attached hydrogens (tertiary/aromatic N) is 4. The SMILES string of the molecule is Cn1c(=O)c2c(CC(=O)Nc3nc(-c4cc(F)c(OC(F)F)c(F)c4)cs3)snc2n(C)c1=O. The zero-order chi connectivity index (χ0) is 24.7. The molecule has 0 atom stereocenters. The van der Waals surface area contributed by atoms with Gasteiger partial charge in [0, 0.05) is 29.9 Å². The van der Waals surface area contributed by atoms with Crippen LogP contribution in [0.3, 0.4) is 0 Å². The highest BCUT2D eigenvalue weighted by Crippen LogP contribution is 2.31. The quantitative estimate of drug-likeness (QED) is 0.396. The number of amides is 1. The molecule has 4 rings (SSSR count). The molecule has 0 radical (unpaired) electrons. The molecule has 178 valence electrons. The van der Waals surface area contributed by atoms with E-state index in [9.17, 15) is 31.9 Å². The van der Waals surface area contributed by atoms with E-state index >= 15 is 0 Å². The van der Waals surface area contributed by atoms with E-state index in [1.807, 2.05) is 0 Å². The molecule has 0 saturated heterocycles. The van der Waals surface area contributed by atoms with Crippen LogP contribution in [0.25, 0.3) is 22.3 Å². The highest BCUT2D eigenvalue weighted by atomic mass is 32.1. The molecule has 4 aromatic rings. The van der Waals surface area contributed by atoms with Crippen molar-refractivity contribution in [2.24, 2.45) is 14.1 Å². The van der Waals surface area contributed by atoms with Crippen molar-refractivity contribution in [1.29, 1.82) is 0 Å². The van der Waals surface area contributed by atoms with Gasteiger partial charge >= 0.3 is 12.3 Å². The zero-order valence-electron chi connectivity index (χ0n) is 17.3. The van der Waals surface area contributed by atoms with Crippen LogP contribution >= 0.6 is 22.9 Å². The number of aromatic nitrogens is 4. The number of thiazole rings is 1. The first kappa shape index (κ1) is 23.6. The largest absolute Gasteiger partial charge is 0.429 e. The number of aryl methyl sites for hydroxylation is 1. The predicted molar refractivity (Wildman–Crippen MR) is 117 cm³/mol. The molecule has 0 unspecified atom stereocenters. The lowest BCUT2D eigenvalue weighted by Gasteiger charge is -2.08. The van der Waals surface area contributed by atoms with Gasteiger partial charge in [-0.2, -0.15) is 13.2 Å². The van der Waals surface area contributed by atoms with Crippen molar-refractivity contribution in [2.75, 3.05) is 5.32 Å². The van der Waals surface area contributed by atoms with Crippen molar-refractivity contribution >= 4 is 44.9 Å². The number of ether oxygens (including phenoxy) is 1. The Kier molecular flexibility index (Phi) is 6.22. The molecule has 1 N–H and O–H groups in total. The predicted octanol–water partition coefficient (Wildman–Crippen LogP) is 2.88. The van der Waals surface area contributed by atoms with Crippen LogP contribution in [0.2, 0.25) is 0 Å². The fourth-order valence-corrected chi connectivity index (χ4v) is 4.74. The van der Waals surface area contributed by atoms with E-state index in [1.54, 1.807) is 0 Å². The van der Waals surface area contributed by atoms with Crippen LogP contribution in [0, 0.1) is 11.6 Å². The Hall–Kier alpha value is -3.59. The van der Waals surface area contributed by atoms with Gasteiger partial charge < -0.3 is 10.1 Å². The molecule has 0 aliphatic rings. The van der Waals surface area contributed by atoms with Gasteiger partial charge in [0.25, 0.3) is 5.56 Å². The van der Waals surface area contributed by atoms with E-state index in [1.165, 1.54) is 24.0 Å². The van der Waals surface area contributed by atoms with Gasteiger partial charge in [-0.25, -0.2) is 18.6 Å². The van der Waals surface area contributed by atoms with Crippen molar-refractivity contribution < 1.29 is 27.1 Å². The topological polar surface area (TPSA) is 108 Å². The van der Waals surface area contributed by atoms with Gasteiger partial charge in [0.05, 0.1) is 17.5 Å². The fourth-order valence-electron chi connectivity index (χ4n) is 3.13. The summed E-state index contributed by atoms with van der Waals surface area (Å²) in [4.78, 5) is 41.5. The molecular formula is C19H13F4N5O4S2. The maximum Gasteiger partial charge on any atom is 0.387 e. The first-order valence-corrected chi connectivity index (χ1v) is 11.0. The van der Waals surface area contributed by atoms with Gasteiger partial charge in [0.2, 0.25) is 5.91 Å². The lowest BCUT2D eigenvalue weighted by Crippen LogP contribution is -2.37. The molecule has 0 spiro atoms. The Labute approximate surface area is 195 Å². The molecular weight excluding hydrogens is 502 g/mol. The second kappa shape index (κ2) is 8.98. The summed E-state index contributed by atoms with van der Waals surface area (Å²) in [5.74, 6) is -4.41. The number of benzene rings is 1. The van der Waals surface area contributed by atoms with E-state index in [2.05, 4.69) is 19.4 Å². The average Bonchev–Trinajstić information content (AvgIpc) is 3.40. The van der Waals surface area contributed by atoms with Gasteiger partial charge in [-0.05, 0) is 23.7 Å². The van der Waals surface area contributed by atoms with Crippen molar-refractivity contribution in [1.82, 2.24) is 18.5 Å². The Balaban J connectivity index is 1.54. The van der Waals surface area contributed by atoms with Crippen molar-refractivity contribution in [2.45, 2.75) is 13.0 Å². The summed E-state index contributed by atoms with van der Waals surface area (Å²) in [7, 11) is 2.78. The number of rotatable bonds is 6.